The summed E-state index contributed by atoms with van der Waals surface area (Å²) in [7, 11) is -3.52. The maximum absolute atomic E-state index is 12.3. The van der Waals surface area contributed by atoms with Crippen molar-refractivity contribution >= 4 is 26.7 Å². The monoisotopic (exact) mass is 305 g/mol. The number of aryl methyl sites for hydroxylation is 1. The Morgan fingerprint density at radius 3 is 2.67 bits per heavy atom. The third kappa shape index (κ3) is 2.50. The van der Waals surface area contributed by atoms with E-state index in [1.165, 1.54) is 0 Å². The smallest absolute Gasteiger partial charge is 0.258 e. The predicted octanol–water partition coefficient (Wildman–Crippen LogP) is 3.69. The van der Waals surface area contributed by atoms with Crippen molar-refractivity contribution in [1.82, 2.24) is 0 Å². The number of fused-ring (bicyclic) bond motifs is 2. The molecule has 0 atom stereocenters. The Bertz CT molecular complexity index is 823. The second-order valence-corrected chi connectivity index (χ2v) is 8.80. The molecule has 0 radical (unpaired) electrons. The SMILES string of the molecule is CC(C)(C)S(=O)(=O)/N=C1/CCCc2cc3occc3cc21. The van der Waals surface area contributed by atoms with Crippen LogP contribution < -0.4 is 0 Å². The number of hydrogen-bond donors (Lipinski definition) is 0. The minimum absolute atomic E-state index is 0.675. The van der Waals surface area contributed by atoms with Gasteiger partial charge in [0.15, 0.2) is 0 Å². The Kier molecular flexibility index (Phi) is 3.20. The van der Waals surface area contributed by atoms with Gasteiger partial charge in [-0.15, -0.1) is 0 Å². The molecule has 5 heteroatoms. The molecule has 112 valence electrons. The van der Waals surface area contributed by atoms with E-state index in [1.807, 2.05) is 18.2 Å². The first kappa shape index (κ1) is 14.3. The lowest BCUT2D eigenvalue weighted by Gasteiger charge is -2.21. The van der Waals surface area contributed by atoms with Crippen LogP contribution in [0.15, 0.2) is 33.3 Å². The van der Waals surface area contributed by atoms with Crippen LogP contribution >= 0.6 is 0 Å². The molecule has 1 heterocycles. The van der Waals surface area contributed by atoms with Gasteiger partial charge in [-0.3, -0.25) is 0 Å². The zero-order valence-corrected chi connectivity index (χ0v) is 13.3. The zero-order chi connectivity index (χ0) is 15.3. The van der Waals surface area contributed by atoms with Gasteiger partial charge in [-0.1, -0.05) is 0 Å². The van der Waals surface area contributed by atoms with Crippen molar-refractivity contribution in [2.75, 3.05) is 0 Å². The first-order valence-corrected chi connectivity index (χ1v) is 8.56. The number of furan rings is 1. The van der Waals surface area contributed by atoms with Crippen LogP contribution in [0.1, 0.15) is 44.7 Å². The molecule has 0 amide bonds. The summed E-state index contributed by atoms with van der Waals surface area (Å²) in [6.07, 6.45) is 4.20. The maximum atomic E-state index is 12.3. The van der Waals surface area contributed by atoms with Gasteiger partial charge in [-0.2, -0.15) is 4.40 Å². The fourth-order valence-corrected chi connectivity index (χ4v) is 3.24. The highest BCUT2D eigenvalue weighted by molar-refractivity contribution is 7.91. The van der Waals surface area contributed by atoms with E-state index >= 15 is 0 Å². The molecule has 4 nitrogen and oxygen atoms in total. The van der Waals surface area contributed by atoms with Crippen LogP contribution in [0.2, 0.25) is 0 Å². The van der Waals surface area contributed by atoms with E-state index < -0.39 is 14.8 Å². The lowest BCUT2D eigenvalue weighted by atomic mass is 9.89. The van der Waals surface area contributed by atoms with Crippen molar-refractivity contribution in [3.63, 3.8) is 0 Å². The van der Waals surface area contributed by atoms with E-state index in [1.54, 1.807) is 27.0 Å². The fourth-order valence-electron chi connectivity index (χ4n) is 2.48. The summed E-state index contributed by atoms with van der Waals surface area (Å²) in [6.45, 7) is 5.03. The molecular formula is C16H19NO3S. The molecule has 0 saturated carbocycles. The lowest BCUT2D eigenvalue weighted by Crippen LogP contribution is -2.27. The molecule has 0 unspecified atom stereocenters. The van der Waals surface area contributed by atoms with Crippen LogP contribution in [-0.2, 0) is 16.4 Å². The molecule has 0 bridgehead atoms. The van der Waals surface area contributed by atoms with Crippen molar-refractivity contribution in [2.45, 2.75) is 44.8 Å². The Morgan fingerprint density at radius 2 is 1.95 bits per heavy atom. The van der Waals surface area contributed by atoms with Gasteiger partial charge in [0, 0.05) is 10.9 Å². The summed E-state index contributed by atoms with van der Waals surface area (Å²) in [4.78, 5) is 0. The molecule has 1 aromatic heterocycles. The summed E-state index contributed by atoms with van der Waals surface area (Å²) in [5.41, 5.74) is 3.58. The topological polar surface area (TPSA) is 59.6 Å². The molecule has 1 aliphatic rings. The van der Waals surface area contributed by atoms with Gasteiger partial charge in [0.2, 0.25) is 0 Å². The standard InChI is InChI=1S/C16H19NO3S/c1-16(2,3)21(18,19)17-14-6-4-5-11-10-15-12(7-8-20-15)9-13(11)14/h7-10H,4-6H2,1-3H3/b17-14-. The summed E-state index contributed by atoms with van der Waals surface area (Å²) < 4.78 is 33.3. The molecule has 0 N–H and O–H groups in total. The van der Waals surface area contributed by atoms with E-state index in [-0.39, 0.29) is 0 Å². The molecule has 21 heavy (non-hydrogen) atoms. The first-order chi connectivity index (χ1) is 9.78. The lowest BCUT2D eigenvalue weighted by molar-refractivity contribution is 0.562. The van der Waals surface area contributed by atoms with E-state index in [9.17, 15) is 8.42 Å². The number of sulfonamides is 1. The van der Waals surface area contributed by atoms with Crippen molar-refractivity contribution in [3.05, 3.63) is 35.6 Å². The molecule has 0 aliphatic heterocycles. The molecule has 1 aromatic carbocycles. The Hall–Kier alpha value is -1.62. The fraction of sp³-hybridized carbons (Fsp3) is 0.438. The van der Waals surface area contributed by atoms with Gasteiger partial charge in [0.05, 0.1) is 16.7 Å². The van der Waals surface area contributed by atoms with Crippen molar-refractivity contribution in [3.8, 4) is 0 Å². The van der Waals surface area contributed by atoms with E-state index in [2.05, 4.69) is 4.40 Å². The number of benzene rings is 1. The molecule has 2 aromatic rings. The van der Waals surface area contributed by atoms with Crippen LogP contribution in [0, 0.1) is 0 Å². The number of hydrogen-bond acceptors (Lipinski definition) is 3. The Balaban J connectivity index is 2.16. The quantitative estimate of drug-likeness (QED) is 0.807. The van der Waals surface area contributed by atoms with Gasteiger partial charge in [-0.25, -0.2) is 8.42 Å². The van der Waals surface area contributed by atoms with Gasteiger partial charge in [0.1, 0.15) is 5.58 Å². The Morgan fingerprint density at radius 1 is 1.19 bits per heavy atom. The maximum Gasteiger partial charge on any atom is 0.258 e. The van der Waals surface area contributed by atoms with Crippen LogP contribution in [0.5, 0.6) is 0 Å². The number of rotatable bonds is 1. The van der Waals surface area contributed by atoms with Crippen LogP contribution in [0.4, 0.5) is 0 Å². The molecule has 1 aliphatic carbocycles. The molecule has 0 saturated heterocycles. The van der Waals surface area contributed by atoms with Gasteiger partial charge < -0.3 is 4.42 Å². The number of nitrogens with zero attached hydrogens (tertiary/aromatic N) is 1. The van der Waals surface area contributed by atoms with Crippen LogP contribution in [-0.4, -0.2) is 18.9 Å². The normalized spacial score (nSPS) is 18.1. The minimum atomic E-state index is -3.52. The van der Waals surface area contributed by atoms with E-state index in [0.29, 0.717) is 12.1 Å². The van der Waals surface area contributed by atoms with Crippen molar-refractivity contribution in [1.29, 1.82) is 0 Å². The second-order valence-electron chi connectivity index (χ2n) is 6.45. The summed E-state index contributed by atoms with van der Waals surface area (Å²) in [5.74, 6) is 0. The highest BCUT2D eigenvalue weighted by atomic mass is 32.2. The van der Waals surface area contributed by atoms with Crippen LogP contribution in [0.3, 0.4) is 0 Å². The highest BCUT2D eigenvalue weighted by Gasteiger charge is 2.30. The van der Waals surface area contributed by atoms with Crippen molar-refractivity contribution < 1.29 is 12.8 Å². The predicted molar refractivity (Wildman–Crippen MR) is 84.4 cm³/mol. The summed E-state index contributed by atoms with van der Waals surface area (Å²) in [5, 5.41) is 0.983. The average molecular weight is 305 g/mol. The zero-order valence-electron chi connectivity index (χ0n) is 12.5. The van der Waals surface area contributed by atoms with Gasteiger partial charge >= 0.3 is 0 Å². The molecule has 0 spiro atoms. The minimum Gasteiger partial charge on any atom is -0.464 e. The second kappa shape index (κ2) is 4.70. The van der Waals surface area contributed by atoms with Gasteiger partial charge in [0.25, 0.3) is 10.0 Å². The van der Waals surface area contributed by atoms with Crippen LogP contribution in [0.25, 0.3) is 11.0 Å². The molecular weight excluding hydrogens is 286 g/mol. The summed E-state index contributed by atoms with van der Waals surface area (Å²) >= 11 is 0. The Labute approximate surface area is 124 Å². The summed E-state index contributed by atoms with van der Waals surface area (Å²) in [6, 6.07) is 5.88. The average Bonchev–Trinajstić information content (AvgIpc) is 2.82. The third-order valence-corrected chi connectivity index (χ3v) is 5.86. The largest absolute Gasteiger partial charge is 0.464 e. The van der Waals surface area contributed by atoms with Gasteiger partial charge in [-0.05, 0) is 63.8 Å². The third-order valence-electron chi connectivity index (χ3n) is 3.85. The highest BCUT2D eigenvalue weighted by Crippen LogP contribution is 2.29. The van der Waals surface area contributed by atoms with E-state index in [0.717, 1.165) is 34.9 Å². The first-order valence-electron chi connectivity index (χ1n) is 7.12. The van der Waals surface area contributed by atoms with E-state index in [4.69, 9.17) is 4.42 Å². The molecule has 3 rings (SSSR count). The van der Waals surface area contributed by atoms with Crippen molar-refractivity contribution in [2.24, 2.45) is 4.40 Å². The molecule has 0 fully saturated rings.